The zero-order chi connectivity index (χ0) is 52.7. The van der Waals surface area contributed by atoms with Gasteiger partial charge in [-0.15, -0.1) is 0 Å². The third-order valence-electron chi connectivity index (χ3n) is 13.4. The minimum absolute atomic E-state index is 0.0311. The summed E-state index contributed by atoms with van der Waals surface area (Å²) in [5.41, 5.74) is 7.38. The first-order chi connectivity index (χ1) is 35.9. The Morgan fingerprint density at radius 3 is 1.24 bits per heavy atom. The molecule has 74 heavy (non-hydrogen) atoms. The number of hydrogen-bond acceptors (Lipinski definition) is 15. The number of fused-ring (bicyclic) bond motifs is 3. The van der Waals surface area contributed by atoms with Crippen molar-refractivity contribution in [1.29, 1.82) is 0 Å². The summed E-state index contributed by atoms with van der Waals surface area (Å²) in [7, 11) is 0. The van der Waals surface area contributed by atoms with Gasteiger partial charge in [0.2, 0.25) is 0 Å². The first-order valence-corrected chi connectivity index (χ1v) is 25.9. The topological polar surface area (TPSA) is 260 Å². The van der Waals surface area contributed by atoms with Crippen LogP contribution in [0.15, 0.2) is 125 Å². The molecule has 0 radical (unpaired) electrons. The molecule has 2 aromatic carbocycles. The Kier molecular flexibility index (Phi) is 22.4. The van der Waals surface area contributed by atoms with Gasteiger partial charge in [-0.05, 0) is 88.2 Å². The Bertz CT molecular complexity index is 2640. The maximum absolute atomic E-state index is 12.1. The fraction of sp³-hybridized carbons (Fsp3) is 0.509. The minimum atomic E-state index is -1.01. The van der Waals surface area contributed by atoms with Crippen molar-refractivity contribution in [1.82, 2.24) is 29.2 Å². The van der Waals surface area contributed by atoms with Crippen LogP contribution in [0.25, 0.3) is 0 Å². The Balaban J connectivity index is 0.000000183. The normalized spacial score (nSPS) is 18.7. The van der Waals surface area contributed by atoms with E-state index in [0.717, 1.165) is 113 Å². The molecule has 8 rings (SSSR count). The second kappa shape index (κ2) is 29.5. The molecular formula is C55H71N7O12. The van der Waals surface area contributed by atoms with Crippen LogP contribution in [-0.2, 0) is 56.3 Å². The van der Waals surface area contributed by atoms with E-state index in [-0.39, 0.29) is 59.8 Å². The highest BCUT2D eigenvalue weighted by molar-refractivity contribution is 5.73. The number of ether oxygens (including phenoxy) is 2. The number of carbonyl (C=O) groups excluding carboxylic acids is 2. The molecule has 0 spiro atoms. The van der Waals surface area contributed by atoms with E-state index in [1.54, 1.807) is 19.8 Å². The summed E-state index contributed by atoms with van der Waals surface area (Å²) in [5.74, 6) is -0.780. The summed E-state index contributed by atoms with van der Waals surface area (Å²) >= 11 is 0. The summed E-state index contributed by atoms with van der Waals surface area (Å²) < 4.78 is 30.1. The summed E-state index contributed by atoms with van der Waals surface area (Å²) in [4.78, 5) is 70.3. The molecule has 0 saturated heterocycles. The highest BCUT2D eigenvalue weighted by Crippen LogP contribution is 2.27. The minimum Gasteiger partial charge on any atom is -0.480 e. The zero-order valence-corrected chi connectivity index (χ0v) is 42.5. The van der Waals surface area contributed by atoms with Gasteiger partial charge in [0.1, 0.15) is 19.3 Å². The molecule has 19 nitrogen and oxygen atoms in total. The number of nitrogens with zero attached hydrogens (tertiary/aromatic N) is 6. The summed E-state index contributed by atoms with van der Waals surface area (Å²) in [6.45, 7) is 4.34. The molecule has 6 atom stereocenters. The van der Waals surface area contributed by atoms with Gasteiger partial charge in [0.05, 0.1) is 11.8 Å². The van der Waals surface area contributed by atoms with Crippen LogP contribution in [0.1, 0.15) is 157 Å². The number of nitrogens with two attached hydrogens (primary N) is 1. The van der Waals surface area contributed by atoms with Crippen molar-refractivity contribution < 1.29 is 42.5 Å². The van der Waals surface area contributed by atoms with Crippen molar-refractivity contribution in [2.45, 2.75) is 167 Å². The molecule has 0 saturated carbocycles. The van der Waals surface area contributed by atoms with E-state index in [4.69, 9.17) is 33.9 Å². The maximum Gasteiger partial charge on any atom is 0.441 e. The van der Waals surface area contributed by atoms with Gasteiger partial charge in [0.25, 0.3) is 0 Å². The fourth-order valence-electron chi connectivity index (χ4n) is 9.12. The molecule has 3 aliphatic rings. The first kappa shape index (κ1) is 56.2. The lowest BCUT2D eigenvalue weighted by atomic mass is 10.0. The summed E-state index contributed by atoms with van der Waals surface area (Å²) in [6, 6.07) is 18.6. The number of aliphatic carboxylic acids is 1. The molecule has 0 amide bonds. The van der Waals surface area contributed by atoms with Crippen LogP contribution in [0.3, 0.4) is 0 Å². The first-order valence-electron chi connectivity index (χ1n) is 25.9. The van der Waals surface area contributed by atoms with Crippen molar-refractivity contribution in [2.24, 2.45) is 17.6 Å². The van der Waals surface area contributed by atoms with Crippen LogP contribution in [0.5, 0.6) is 0 Å². The lowest BCUT2D eigenvalue weighted by Gasteiger charge is -2.13. The monoisotopic (exact) mass is 1020 g/mol. The van der Waals surface area contributed by atoms with Gasteiger partial charge in [-0.1, -0.05) is 146 Å². The van der Waals surface area contributed by atoms with Crippen molar-refractivity contribution in [3.8, 4) is 0 Å². The second-order valence-corrected chi connectivity index (χ2v) is 19.2. The van der Waals surface area contributed by atoms with E-state index < -0.39 is 17.8 Å². The lowest BCUT2D eigenvalue weighted by Crippen LogP contribution is -2.29. The number of aromatic nitrogens is 6. The SMILES string of the molecule is C[C@@H](CC=CC[C@H]1CCCCc2noc(=O)n21)C(=O)OCc1ccccc1.C[C@H](CC=CC[C@H]1CCCCc2noc(=O)n21)C(=O)OCc1ccccc1.N[C@@H](CC=CC[C@H]1CCCCc2noc(=O)n21)C(=O)O. The molecule has 19 heteroatoms. The molecule has 398 valence electrons. The highest BCUT2D eigenvalue weighted by Gasteiger charge is 2.25. The third-order valence-corrected chi connectivity index (χ3v) is 13.4. The van der Waals surface area contributed by atoms with Gasteiger partial charge < -0.3 is 20.3 Å². The molecule has 6 heterocycles. The molecule has 3 aromatic heterocycles. The molecular weight excluding hydrogens is 951 g/mol. The van der Waals surface area contributed by atoms with Gasteiger partial charge >= 0.3 is 35.2 Å². The van der Waals surface area contributed by atoms with Crippen molar-refractivity contribution in [2.75, 3.05) is 0 Å². The molecule has 3 aliphatic heterocycles. The van der Waals surface area contributed by atoms with Crippen LogP contribution < -0.4 is 23.0 Å². The van der Waals surface area contributed by atoms with E-state index in [9.17, 15) is 28.8 Å². The number of carbonyl (C=O) groups is 3. The fourth-order valence-corrected chi connectivity index (χ4v) is 9.12. The molecule has 0 aliphatic carbocycles. The van der Waals surface area contributed by atoms with Gasteiger partial charge in [-0.25, -0.2) is 14.4 Å². The lowest BCUT2D eigenvalue weighted by molar-refractivity contribution is -0.150. The van der Waals surface area contributed by atoms with Gasteiger partial charge in [0, 0.05) is 37.4 Å². The molecule has 0 fully saturated rings. The number of hydrogen-bond donors (Lipinski definition) is 2. The number of rotatable bonds is 19. The molecule has 3 N–H and O–H groups in total. The van der Waals surface area contributed by atoms with Gasteiger partial charge in [0.15, 0.2) is 17.5 Å². The predicted octanol–water partition coefficient (Wildman–Crippen LogP) is 8.49. The quantitative estimate of drug-likeness (QED) is 0.0580. The van der Waals surface area contributed by atoms with Crippen molar-refractivity contribution in [3.63, 3.8) is 0 Å². The standard InChI is InChI=1S/2C21H26N2O4.C13H19N3O4/c2*1-16(20(24)26-15-17-10-3-2-4-11-17)9-5-6-12-18-13-7-8-14-19-22-27-21(25)23(18)19;14-10(12(17)18)7-3-1-5-9-6-2-4-8-11-15-20-13(19)16(9)11/h2*2-6,10-11,16,18H,7-9,12-15H2,1H3;1,3,9-10H,2,4-8,14H2,(H,17,18)/t16-,18+;16-,18-;9-,10-/m100/s1. The van der Waals surface area contributed by atoms with Crippen LogP contribution in [0, 0.1) is 11.8 Å². The smallest absolute Gasteiger partial charge is 0.441 e. The Morgan fingerprint density at radius 2 is 0.905 bits per heavy atom. The van der Waals surface area contributed by atoms with Crippen LogP contribution in [0.4, 0.5) is 0 Å². The van der Waals surface area contributed by atoms with E-state index in [0.29, 0.717) is 38.3 Å². The van der Waals surface area contributed by atoms with E-state index in [2.05, 4.69) is 15.5 Å². The number of esters is 2. The number of aryl methyl sites for hydroxylation is 3. The van der Waals surface area contributed by atoms with E-state index >= 15 is 0 Å². The summed E-state index contributed by atoms with van der Waals surface area (Å²) in [5, 5.41) is 20.2. The number of benzene rings is 2. The average molecular weight is 1020 g/mol. The molecule has 5 aromatic rings. The van der Waals surface area contributed by atoms with Crippen molar-refractivity contribution in [3.05, 3.63) is 157 Å². The van der Waals surface area contributed by atoms with Gasteiger partial charge in [-0.3, -0.25) is 41.7 Å². The third kappa shape index (κ3) is 17.2. The number of allylic oxidation sites excluding steroid dienone is 5. The zero-order valence-electron chi connectivity index (χ0n) is 42.5. The molecule has 0 unspecified atom stereocenters. The Labute approximate surface area is 430 Å². The second-order valence-electron chi connectivity index (χ2n) is 19.2. The van der Waals surface area contributed by atoms with E-state index in [1.807, 2.05) is 105 Å². The Morgan fingerprint density at radius 1 is 0.568 bits per heavy atom. The Hall–Kier alpha value is -7.15. The van der Waals surface area contributed by atoms with E-state index in [1.165, 1.54) is 0 Å². The van der Waals surface area contributed by atoms with Crippen LogP contribution >= 0.6 is 0 Å². The average Bonchev–Trinajstić information content (AvgIpc) is 3.90. The number of carboxylic acids is 1. The highest BCUT2D eigenvalue weighted by atomic mass is 16.5. The number of carboxylic acid groups (broad SMARTS) is 1. The molecule has 0 bridgehead atoms. The van der Waals surface area contributed by atoms with Crippen molar-refractivity contribution >= 4 is 17.9 Å². The predicted molar refractivity (Wildman–Crippen MR) is 274 cm³/mol. The van der Waals surface area contributed by atoms with Crippen LogP contribution in [0.2, 0.25) is 0 Å². The van der Waals surface area contributed by atoms with Crippen LogP contribution in [-0.4, -0.2) is 58.2 Å². The maximum atomic E-state index is 12.1. The largest absolute Gasteiger partial charge is 0.480 e. The van der Waals surface area contributed by atoms with Gasteiger partial charge in [-0.2, -0.15) is 0 Å². The summed E-state index contributed by atoms with van der Waals surface area (Å²) in [6.07, 6.45) is 26.7.